The first-order valence-electron chi connectivity index (χ1n) is 10.5. The lowest BCUT2D eigenvalue weighted by molar-refractivity contribution is -0.747. The first-order valence-corrected chi connectivity index (χ1v) is 10.5. The second-order valence-electron chi connectivity index (χ2n) is 8.38. The molecule has 1 aliphatic heterocycles. The van der Waals surface area contributed by atoms with E-state index in [1.54, 1.807) is 12.1 Å². The average molecular weight is 441 g/mol. The molecule has 2 heterocycles. The number of nitriles is 3. The lowest BCUT2D eigenvalue weighted by Gasteiger charge is -2.43. The number of rotatable bonds is 5. The van der Waals surface area contributed by atoms with Crippen LogP contribution in [0.3, 0.4) is 0 Å². The summed E-state index contributed by atoms with van der Waals surface area (Å²) in [5, 5.41) is 55.6. The van der Waals surface area contributed by atoms with Gasteiger partial charge in [0.25, 0.3) is 5.69 Å². The molecule has 1 saturated carbocycles. The first kappa shape index (κ1) is 22.0. The highest BCUT2D eigenvalue weighted by atomic mass is 16.6. The van der Waals surface area contributed by atoms with Gasteiger partial charge in [-0.2, -0.15) is 20.4 Å². The Hall–Kier alpha value is -4.26. The van der Waals surface area contributed by atoms with Crippen LogP contribution in [0.2, 0.25) is 0 Å². The zero-order valence-corrected chi connectivity index (χ0v) is 17.8. The first-order chi connectivity index (χ1) is 15.8. The Kier molecular flexibility index (Phi) is 5.55. The molecule has 33 heavy (non-hydrogen) atoms. The van der Waals surface area contributed by atoms with Gasteiger partial charge in [0.1, 0.15) is 0 Å². The monoisotopic (exact) mass is 441 g/mol. The minimum atomic E-state index is -1.54. The number of nitro groups is 1. The molecule has 4 rings (SSSR count). The Labute approximate surface area is 190 Å². The van der Waals surface area contributed by atoms with Crippen LogP contribution in [0.5, 0.6) is 0 Å². The molecule has 9 nitrogen and oxygen atoms in total. The zero-order chi connectivity index (χ0) is 23.8. The van der Waals surface area contributed by atoms with Gasteiger partial charge in [-0.3, -0.25) is 10.1 Å². The van der Waals surface area contributed by atoms with E-state index in [9.17, 15) is 31.0 Å². The summed E-state index contributed by atoms with van der Waals surface area (Å²) in [6.45, 7) is 1.89. The molecule has 1 aliphatic carbocycles. The number of nitrogens with zero attached hydrogens (tertiary/aromatic N) is 5. The lowest BCUT2D eigenvalue weighted by atomic mass is 9.73. The smallest absolute Gasteiger partial charge is 0.269 e. The fourth-order valence-electron chi connectivity index (χ4n) is 4.70. The largest absolute Gasteiger partial charge is 0.365 e. The van der Waals surface area contributed by atoms with E-state index in [0.29, 0.717) is 5.56 Å². The number of nitro benzene ring substituents is 1. The summed E-state index contributed by atoms with van der Waals surface area (Å²) in [6.07, 6.45) is 3.32. The van der Waals surface area contributed by atoms with E-state index in [4.69, 9.17) is 0 Å². The third-order valence-corrected chi connectivity index (χ3v) is 6.43. The molecule has 0 saturated heterocycles. The summed E-state index contributed by atoms with van der Waals surface area (Å²) < 4.78 is 1.89. The van der Waals surface area contributed by atoms with E-state index < -0.39 is 28.5 Å². The summed E-state index contributed by atoms with van der Waals surface area (Å²) >= 11 is 0. The van der Waals surface area contributed by atoms with Crippen LogP contribution < -0.4 is 9.88 Å². The van der Waals surface area contributed by atoms with E-state index in [-0.39, 0.29) is 22.9 Å². The normalized spacial score (nSPS) is 24.4. The summed E-state index contributed by atoms with van der Waals surface area (Å²) in [6, 6.07) is 16.7. The zero-order valence-electron chi connectivity index (χ0n) is 17.8. The highest BCUT2D eigenvalue weighted by molar-refractivity contribution is 5.48. The van der Waals surface area contributed by atoms with Gasteiger partial charge in [-0.25, -0.2) is 0 Å². The van der Waals surface area contributed by atoms with Crippen molar-refractivity contribution < 1.29 is 14.6 Å². The number of nitrogens with one attached hydrogen (secondary N) is 1. The molecule has 1 aromatic heterocycles. The number of aliphatic hydroxyl groups is 1. The maximum Gasteiger partial charge on any atom is 0.269 e. The number of pyridine rings is 1. The van der Waals surface area contributed by atoms with Crippen molar-refractivity contribution in [3.63, 3.8) is 0 Å². The van der Waals surface area contributed by atoms with E-state index in [1.807, 2.05) is 48.0 Å². The molecule has 2 aliphatic rings. The standard InChI is InChI=1S/C24H21N6O3/c1-15-4-2-3-11-29(15)23-21(16-5-9-19(10-6-16)30(32)33)20(14-27)22(17(12-25)13-26)28-24(23,31)18-7-8-18/h2-6,9-11,17-18,21,23,28,31H,7-8H2,1H3/q+1/t21-,23+,24-/m0/s1. The molecule has 9 heteroatoms. The third-order valence-electron chi connectivity index (χ3n) is 6.43. The number of aryl methyl sites for hydroxylation is 1. The van der Waals surface area contributed by atoms with Crippen LogP contribution in [0, 0.1) is 62.9 Å². The van der Waals surface area contributed by atoms with Crippen molar-refractivity contribution in [2.75, 3.05) is 0 Å². The second-order valence-corrected chi connectivity index (χ2v) is 8.38. The van der Waals surface area contributed by atoms with Crippen molar-refractivity contribution in [1.29, 1.82) is 15.8 Å². The second kappa shape index (κ2) is 8.35. The lowest BCUT2D eigenvalue weighted by Crippen LogP contribution is -2.67. The minimum Gasteiger partial charge on any atom is -0.365 e. The van der Waals surface area contributed by atoms with Gasteiger partial charge in [0.2, 0.25) is 11.8 Å². The van der Waals surface area contributed by atoms with E-state index >= 15 is 0 Å². The molecular weight excluding hydrogens is 420 g/mol. The van der Waals surface area contributed by atoms with Gasteiger partial charge in [0, 0.05) is 37.1 Å². The molecule has 2 N–H and O–H groups in total. The van der Waals surface area contributed by atoms with Crippen molar-refractivity contribution in [1.82, 2.24) is 5.32 Å². The molecule has 0 unspecified atom stereocenters. The number of aromatic nitrogens is 1. The molecule has 3 atom stereocenters. The Morgan fingerprint density at radius 1 is 1.18 bits per heavy atom. The summed E-state index contributed by atoms with van der Waals surface area (Å²) in [7, 11) is 0. The van der Waals surface area contributed by atoms with Gasteiger partial charge in [0.05, 0.1) is 40.3 Å². The van der Waals surface area contributed by atoms with Crippen LogP contribution in [0.15, 0.2) is 59.9 Å². The molecule has 0 amide bonds. The van der Waals surface area contributed by atoms with Gasteiger partial charge >= 0.3 is 0 Å². The number of non-ortho nitro benzene ring substituents is 1. The van der Waals surface area contributed by atoms with Gasteiger partial charge in [-0.1, -0.05) is 18.2 Å². The van der Waals surface area contributed by atoms with Crippen molar-refractivity contribution >= 4 is 5.69 Å². The molecule has 1 aromatic carbocycles. The summed E-state index contributed by atoms with van der Waals surface area (Å²) in [5.41, 5.74) is 0.0255. The summed E-state index contributed by atoms with van der Waals surface area (Å²) in [4.78, 5) is 10.7. The molecule has 0 radical (unpaired) electrons. The SMILES string of the molecule is Cc1cccc[n+]1[C@@H]1[C@@H](c2ccc([N+](=O)[O-])cc2)C(C#N)=C(C(C#N)C#N)N[C@]1(O)C1CC1. The molecule has 2 aromatic rings. The number of hydrogen-bond acceptors (Lipinski definition) is 7. The minimum absolute atomic E-state index is 0.0886. The predicted octanol–water partition coefficient (Wildman–Crippen LogP) is 2.66. The average Bonchev–Trinajstić information content (AvgIpc) is 3.66. The molecule has 1 fully saturated rings. The van der Waals surface area contributed by atoms with Gasteiger partial charge in [-0.15, -0.1) is 0 Å². The molecule has 0 bridgehead atoms. The van der Waals surface area contributed by atoms with E-state index in [1.165, 1.54) is 12.1 Å². The van der Waals surface area contributed by atoms with Gasteiger partial charge < -0.3 is 10.4 Å². The maximum atomic E-state index is 12.0. The highest BCUT2D eigenvalue weighted by Gasteiger charge is 2.62. The highest BCUT2D eigenvalue weighted by Crippen LogP contribution is 2.52. The quantitative estimate of drug-likeness (QED) is 0.411. The van der Waals surface area contributed by atoms with Crippen LogP contribution in [-0.4, -0.2) is 15.8 Å². The van der Waals surface area contributed by atoms with Crippen LogP contribution in [0.25, 0.3) is 0 Å². The molecule has 0 spiro atoms. The van der Waals surface area contributed by atoms with Gasteiger partial charge in [-0.05, 0) is 18.4 Å². The third kappa shape index (κ3) is 3.67. The predicted molar refractivity (Wildman–Crippen MR) is 114 cm³/mol. The van der Waals surface area contributed by atoms with Crippen molar-refractivity contribution in [2.45, 2.75) is 37.5 Å². The van der Waals surface area contributed by atoms with Crippen molar-refractivity contribution in [3.8, 4) is 18.2 Å². The Balaban J connectivity index is 2.02. The summed E-state index contributed by atoms with van der Waals surface area (Å²) in [5.74, 6) is -2.16. The van der Waals surface area contributed by atoms with Crippen LogP contribution in [0.1, 0.15) is 36.1 Å². The van der Waals surface area contributed by atoms with Gasteiger partial charge in [0.15, 0.2) is 17.8 Å². The number of benzene rings is 1. The molecular formula is C24H21N6O3+. The Morgan fingerprint density at radius 3 is 2.36 bits per heavy atom. The van der Waals surface area contributed by atoms with Crippen LogP contribution in [-0.2, 0) is 0 Å². The van der Waals surface area contributed by atoms with Crippen molar-refractivity contribution in [2.24, 2.45) is 11.8 Å². The van der Waals surface area contributed by atoms with Crippen molar-refractivity contribution in [3.05, 3.63) is 81.3 Å². The number of hydrogen-bond donors (Lipinski definition) is 2. The van der Waals surface area contributed by atoms with Crippen LogP contribution >= 0.6 is 0 Å². The van der Waals surface area contributed by atoms with Crippen LogP contribution in [0.4, 0.5) is 5.69 Å². The Morgan fingerprint density at radius 2 is 1.85 bits per heavy atom. The Bertz CT molecular complexity index is 1250. The maximum absolute atomic E-state index is 12.0. The molecule has 164 valence electrons. The van der Waals surface area contributed by atoms with E-state index in [0.717, 1.165) is 18.5 Å². The number of allylic oxidation sites excluding steroid dienone is 2. The topological polar surface area (TPSA) is 151 Å². The van der Waals surface area contributed by atoms with E-state index in [2.05, 4.69) is 11.4 Å². The fourth-order valence-corrected chi connectivity index (χ4v) is 4.70. The fraction of sp³-hybridized carbons (Fsp3) is 0.333.